The van der Waals surface area contributed by atoms with E-state index < -0.39 is 0 Å². The van der Waals surface area contributed by atoms with Gasteiger partial charge in [-0.1, -0.05) is 25.1 Å². The van der Waals surface area contributed by atoms with E-state index in [0.29, 0.717) is 6.54 Å². The molecule has 0 amide bonds. The van der Waals surface area contributed by atoms with E-state index in [2.05, 4.69) is 41.4 Å². The van der Waals surface area contributed by atoms with Crippen molar-refractivity contribution in [2.75, 3.05) is 19.6 Å². The molecule has 0 bridgehead atoms. The number of aliphatic imine (C=N–C) groups is 1. The van der Waals surface area contributed by atoms with Crippen LogP contribution in [0.25, 0.3) is 0 Å². The van der Waals surface area contributed by atoms with Gasteiger partial charge in [-0.2, -0.15) is 0 Å². The van der Waals surface area contributed by atoms with E-state index in [1.165, 1.54) is 4.88 Å². The van der Waals surface area contributed by atoms with Gasteiger partial charge in [0.25, 0.3) is 0 Å². The Morgan fingerprint density at radius 2 is 2.04 bits per heavy atom. The molecule has 1 atom stereocenters. The van der Waals surface area contributed by atoms with Gasteiger partial charge in [0.2, 0.25) is 0 Å². The fourth-order valence-electron chi connectivity index (χ4n) is 2.28. The number of nitrogens with zero attached hydrogens (tertiary/aromatic N) is 2. The summed E-state index contributed by atoms with van der Waals surface area (Å²) in [5.41, 5.74) is 0. The summed E-state index contributed by atoms with van der Waals surface area (Å²) in [5, 5.41) is 7.81. The Morgan fingerprint density at radius 1 is 1.24 bits per heavy atom. The van der Waals surface area contributed by atoms with Crippen molar-refractivity contribution in [3.63, 3.8) is 0 Å². The molecule has 0 spiro atoms. The number of guanidine groups is 1. The topological polar surface area (TPSA) is 58.5 Å². The molecule has 2 rings (SSSR count). The quantitative estimate of drug-likeness (QED) is 0.531. The highest BCUT2D eigenvalue weighted by atomic mass is 32.1. The van der Waals surface area contributed by atoms with E-state index in [1.807, 2.05) is 36.5 Å². The van der Waals surface area contributed by atoms with Crippen molar-refractivity contribution in [2.24, 2.45) is 4.99 Å². The summed E-state index contributed by atoms with van der Waals surface area (Å²) in [6.45, 7) is 8.54. The second kappa shape index (κ2) is 10.7. The van der Waals surface area contributed by atoms with E-state index in [9.17, 15) is 0 Å². The molecular weight excluding hydrogens is 332 g/mol. The normalized spacial score (nSPS) is 12.7. The minimum atomic E-state index is 0.0690. The summed E-state index contributed by atoms with van der Waals surface area (Å²) in [4.78, 5) is 10.3. The highest BCUT2D eigenvalue weighted by Gasteiger charge is 2.08. The first-order valence-corrected chi connectivity index (χ1v) is 9.68. The maximum atomic E-state index is 6.00. The Kier molecular flexibility index (Phi) is 8.25. The van der Waals surface area contributed by atoms with E-state index >= 15 is 0 Å². The number of rotatable bonds is 9. The molecule has 0 saturated carbocycles. The lowest BCUT2D eigenvalue weighted by molar-refractivity contribution is 0.205. The molecule has 0 radical (unpaired) electrons. The van der Waals surface area contributed by atoms with Gasteiger partial charge in [0, 0.05) is 30.6 Å². The maximum absolute atomic E-state index is 6.00. The molecule has 136 valence electrons. The summed E-state index contributed by atoms with van der Waals surface area (Å²) < 4.78 is 6.00. The van der Waals surface area contributed by atoms with Crippen LogP contribution in [0.1, 0.15) is 30.2 Å². The first-order chi connectivity index (χ1) is 12.2. The van der Waals surface area contributed by atoms with E-state index in [0.717, 1.165) is 42.6 Å². The molecule has 1 heterocycles. The SMILES string of the molecule is CCNC(=NCC(CC)Oc1ccccc1)NCCc1ncc(C)s1. The average molecular weight is 361 g/mol. The van der Waals surface area contributed by atoms with Crippen LogP contribution in [0.3, 0.4) is 0 Å². The molecule has 1 aromatic heterocycles. The number of thiazole rings is 1. The predicted octanol–water partition coefficient (Wildman–Crippen LogP) is 3.41. The molecular formula is C19H28N4OS. The van der Waals surface area contributed by atoms with Crippen LogP contribution in [-0.2, 0) is 6.42 Å². The number of ether oxygens (including phenoxy) is 1. The second-order valence-corrected chi connectivity index (χ2v) is 7.04. The Balaban J connectivity index is 1.84. The molecule has 6 heteroatoms. The van der Waals surface area contributed by atoms with Crippen LogP contribution in [0.5, 0.6) is 5.75 Å². The Bertz CT molecular complexity index is 642. The van der Waals surface area contributed by atoms with Crippen LogP contribution in [0.2, 0.25) is 0 Å². The molecule has 0 saturated heterocycles. The number of hydrogen-bond acceptors (Lipinski definition) is 4. The minimum Gasteiger partial charge on any atom is -0.489 e. The van der Waals surface area contributed by atoms with E-state index in [-0.39, 0.29) is 6.10 Å². The van der Waals surface area contributed by atoms with Gasteiger partial charge in [0.1, 0.15) is 11.9 Å². The smallest absolute Gasteiger partial charge is 0.191 e. The number of nitrogens with one attached hydrogen (secondary N) is 2. The lowest BCUT2D eigenvalue weighted by Crippen LogP contribution is -2.39. The van der Waals surface area contributed by atoms with Crippen molar-refractivity contribution in [2.45, 2.75) is 39.7 Å². The third-order valence-corrected chi connectivity index (χ3v) is 4.57. The summed E-state index contributed by atoms with van der Waals surface area (Å²) in [5.74, 6) is 1.72. The summed E-state index contributed by atoms with van der Waals surface area (Å²) in [6, 6.07) is 9.91. The zero-order chi connectivity index (χ0) is 17.9. The molecule has 0 aliphatic carbocycles. The van der Waals surface area contributed by atoms with Crippen molar-refractivity contribution >= 4 is 17.3 Å². The highest BCUT2D eigenvalue weighted by molar-refractivity contribution is 7.11. The molecule has 2 N–H and O–H groups in total. The molecule has 25 heavy (non-hydrogen) atoms. The first kappa shape index (κ1) is 19.2. The molecule has 0 fully saturated rings. The summed E-state index contributed by atoms with van der Waals surface area (Å²) >= 11 is 1.74. The third-order valence-electron chi connectivity index (χ3n) is 3.60. The fourth-order valence-corrected chi connectivity index (χ4v) is 3.07. The minimum absolute atomic E-state index is 0.0690. The average Bonchev–Trinajstić information content (AvgIpc) is 3.04. The van der Waals surface area contributed by atoms with Crippen LogP contribution in [0.15, 0.2) is 41.5 Å². The summed E-state index contributed by atoms with van der Waals surface area (Å²) in [6.07, 6.45) is 3.81. The summed E-state index contributed by atoms with van der Waals surface area (Å²) in [7, 11) is 0. The molecule has 1 unspecified atom stereocenters. The van der Waals surface area contributed by atoms with Gasteiger partial charge in [0.15, 0.2) is 5.96 Å². The zero-order valence-corrected chi connectivity index (χ0v) is 16.1. The Labute approximate surface area is 154 Å². The van der Waals surface area contributed by atoms with Crippen molar-refractivity contribution < 1.29 is 4.74 Å². The third kappa shape index (κ3) is 7.13. The first-order valence-electron chi connectivity index (χ1n) is 8.86. The van der Waals surface area contributed by atoms with Gasteiger partial charge >= 0.3 is 0 Å². The molecule has 5 nitrogen and oxygen atoms in total. The monoisotopic (exact) mass is 360 g/mol. The Hall–Kier alpha value is -2.08. The number of aryl methyl sites for hydroxylation is 1. The zero-order valence-electron chi connectivity index (χ0n) is 15.3. The van der Waals surface area contributed by atoms with Crippen LogP contribution in [-0.4, -0.2) is 36.7 Å². The van der Waals surface area contributed by atoms with Crippen molar-refractivity contribution in [1.29, 1.82) is 0 Å². The van der Waals surface area contributed by atoms with Crippen LogP contribution in [0.4, 0.5) is 0 Å². The van der Waals surface area contributed by atoms with Crippen LogP contribution in [0, 0.1) is 6.92 Å². The standard InChI is InChI=1S/C19H28N4OS/c1-4-16(24-17-9-7-6-8-10-17)14-23-19(20-5-2)21-12-11-18-22-13-15(3)25-18/h6-10,13,16H,4-5,11-12,14H2,1-3H3,(H2,20,21,23). The molecule has 0 aliphatic heterocycles. The van der Waals surface area contributed by atoms with Gasteiger partial charge in [-0.3, -0.25) is 0 Å². The van der Waals surface area contributed by atoms with E-state index in [4.69, 9.17) is 4.74 Å². The van der Waals surface area contributed by atoms with Gasteiger partial charge in [-0.25, -0.2) is 9.98 Å². The number of para-hydroxylation sites is 1. The van der Waals surface area contributed by atoms with Gasteiger partial charge in [-0.05, 0) is 32.4 Å². The number of hydrogen-bond donors (Lipinski definition) is 2. The Morgan fingerprint density at radius 3 is 2.68 bits per heavy atom. The van der Waals surface area contributed by atoms with Gasteiger partial charge in [0.05, 0.1) is 11.6 Å². The number of benzene rings is 1. The lowest BCUT2D eigenvalue weighted by Gasteiger charge is -2.17. The number of aromatic nitrogens is 1. The van der Waals surface area contributed by atoms with Crippen LogP contribution >= 0.6 is 11.3 Å². The lowest BCUT2D eigenvalue weighted by atomic mass is 10.2. The van der Waals surface area contributed by atoms with Crippen LogP contribution < -0.4 is 15.4 Å². The van der Waals surface area contributed by atoms with E-state index in [1.54, 1.807) is 11.3 Å². The maximum Gasteiger partial charge on any atom is 0.191 e. The fraction of sp³-hybridized carbons (Fsp3) is 0.474. The van der Waals surface area contributed by atoms with Crippen molar-refractivity contribution in [3.05, 3.63) is 46.4 Å². The van der Waals surface area contributed by atoms with Gasteiger partial charge < -0.3 is 15.4 Å². The molecule has 2 aromatic rings. The molecule has 1 aromatic carbocycles. The predicted molar refractivity (Wildman–Crippen MR) is 106 cm³/mol. The highest BCUT2D eigenvalue weighted by Crippen LogP contribution is 2.13. The van der Waals surface area contributed by atoms with Crippen molar-refractivity contribution in [1.82, 2.24) is 15.6 Å². The van der Waals surface area contributed by atoms with Crippen molar-refractivity contribution in [3.8, 4) is 5.75 Å². The van der Waals surface area contributed by atoms with Gasteiger partial charge in [-0.15, -0.1) is 11.3 Å². The molecule has 0 aliphatic rings. The largest absolute Gasteiger partial charge is 0.489 e. The second-order valence-electron chi connectivity index (χ2n) is 5.72.